The second-order valence-electron chi connectivity index (χ2n) is 11.4. The number of alkyl carbamates (subject to hydrolysis) is 1. The lowest BCUT2D eigenvalue weighted by molar-refractivity contribution is 0.0523. The molecule has 0 saturated heterocycles. The Kier molecular flexibility index (Phi) is 9.78. The zero-order valence-electron chi connectivity index (χ0n) is 25.1. The molecule has 0 fully saturated rings. The maximum atomic E-state index is 14.1. The van der Waals surface area contributed by atoms with Crippen molar-refractivity contribution in [2.45, 2.75) is 72.6 Å². The Bertz CT molecular complexity index is 1590. The minimum absolute atomic E-state index is 0.166. The molecule has 0 aliphatic carbocycles. The van der Waals surface area contributed by atoms with Crippen molar-refractivity contribution in [3.63, 3.8) is 0 Å². The van der Waals surface area contributed by atoms with Crippen molar-refractivity contribution in [2.24, 2.45) is 0 Å². The molecule has 9 nitrogen and oxygen atoms in total. The van der Waals surface area contributed by atoms with Gasteiger partial charge in [-0.3, -0.25) is 14.2 Å². The second-order valence-corrected chi connectivity index (χ2v) is 12.1. The standard InChI is InChI=1S/C32H39N5O4S/c1-7-25(27-34-28-26(22(3)35-42-28)30(39)37(27)20-23-12-9-8-10-13-23)36(29(38)24-16-14-21(2)15-17-24)19-11-18-33-31(40)41-32(4,5)6/h8-10,12-17,25H,7,11,18-20H2,1-6H3,(H,33,40). The molecule has 4 rings (SSSR count). The van der Waals surface area contributed by atoms with Crippen LogP contribution in [-0.2, 0) is 11.3 Å². The van der Waals surface area contributed by atoms with Crippen LogP contribution in [0.1, 0.15) is 79.6 Å². The summed E-state index contributed by atoms with van der Waals surface area (Å²) in [5.74, 6) is 0.350. The number of benzene rings is 2. The Labute approximate surface area is 250 Å². The van der Waals surface area contributed by atoms with Gasteiger partial charge in [-0.05, 0) is 76.7 Å². The summed E-state index contributed by atoms with van der Waals surface area (Å²) in [6.07, 6.45) is 0.509. The van der Waals surface area contributed by atoms with Gasteiger partial charge in [0.1, 0.15) is 11.4 Å². The third kappa shape index (κ3) is 7.42. The van der Waals surface area contributed by atoms with E-state index in [1.165, 1.54) is 11.5 Å². The first-order valence-corrected chi connectivity index (χ1v) is 15.0. The van der Waals surface area contributed by atoms with Crippen molar-refractivity contribution in [3.8, 4) is 0 Å². The fraction of sp³-hybridized carbons (Fsp3) is 0.406. The van der Waals surface area contributed by atoms with Gasteiger partial charge >= 0.3 is 6.09 Å². The molecule has 0 radical (unpaired) electrons. The smallest absolute Gasteiger partial charge is 0.407 e. The van der Waals surface area contributed by atoms with Crippen LogP contribution in [0.25, 0.3) is 10.2 Å². The van der Waals surface area contributed by atoms with E-state index in [0.29, 0.717) is 59.8 Å². The van der Waals surface area contributed by atoms with Crippen LogP contribution in [0.5, 0.6) is 0 Å². The number of hydrogen-bond acceptors (Lipinski definition) is 7. The predicted molar refractivity (Wildman–Crippen MR) is 166 cm³/mol. The summed E-state index contributed by atoms with van der Waals surface area (Å²) in [4.78, 5) is 47.5. The number of carbonyl (C=O) groups excluding carboxylic acids is 2. The van der Waals surface area contributed by atoms with Gasteiger partial charge in [-0.15, -0.1) is 0 Å². The SMILES string of the molecule is CCC(c1nc2snc(C)c2c(=O)n1Cc1ccccc1)N(CCCNC(=O)OC(C)(C)C)C(=O)c1ccc(C)cc1. The van der Waals surface area contributed by atoms with Crippen LogP contribution in [-0.4, -0.2) is 49.5 Å². The molecule has 2 amide bonds. The number of amides is 2. The van der Waals surface area contributed by atoms with Crippen LogP contribution in [0, 0.1) is 13.8 Å². The van der Waals surface area contributed by atoms with Gasteiger partial charge in [-0.25, -0.2) is 9.78 Å². The lowest BCUT2D eigenvalue weighted by Gasteiger charge is -2.32. The number of aromatic nitrogens is 3. The molecule has 2 aromatic heterocycles. The number of hydrogen-bond donors (Lipinski definition) is 1. The summed E-state index contributed by atoms with van der Waals surface area (Å²) < 4.78 is 11.4. The van der Waals surface area contributed by atoms with Crippen LogP contribution < -0.4 is 10.9 Å². The summed E-state index contributed by atoms with van der Waals surface area (Å²) in [6.45, 7) is 12.2. The van der Waals surface area contributed by atoms with E-state index in [-0.39, 0.29) is 11.5 Å². The summed E-state index contributed by atoms with van der Waals surface area (Å²) in [6, 6.07) is 16.7. The van der Waals surface area contributed by atoms with Crippen molar-refractivity contribution in [2.75, 3.05) is 13.1 Å². The van der Waals surface area contributed by atoms with Gasteiger partial charge in [-0.2, -0.15) is 4.37 Å². The van der Waals surface area contributed by atoms with Gasteiger partial charge < -0.3 is 15.0 Å². The second kappa shape index (κ2) is 13.3. The Balaban J connectivity index is 1.73. The molecule has 1 unspecified atom stereocenters. The highest BCUT2D eigenvalue weighted by molar-refractivity contribution is 7.12. The van der Waals surface area contributed by atoms with E-state index >= 15 is 0 Å². The molecule has 0 spiro atoms. The van der Waals surface area contributed by atoms with E-state index in [1.54, 1.807) is 9.47 Å². The predicted octanol–water partition coefficient (Wildman–Crippen LogP) is 6.03. The van der Waals surface area contributed by atoms with E-state index in [4.69, 9.17) is 9.72 Å². The highest BCUT2D eigenvalue weighted by Gasteiger charge is 2.30. The average Bonchev–Trinajstić information content (AvgIpc) is 3.32. The van der Waals surface area contributed by atoms with Crippen LogP contribution in [0.3, 0.4) is 0 Å². The number of fused-ring (bicyclic) bond motifs is 1. The number of carbonyl (C=O) groups is 2. The van der Waals surface area contributed by atoms with E-state index in [9.17, 15) is 14.4 Å². The highest BCUT2D eigenvalue weighted by atomic mass is 32.1. The largest absolute Gasteiger partial charge is 0.444 e. The van der Waals surface area contributed by atoms with Crippen LogP contribution >= 0.6 is 11.5 Å². The normalized spacial score (nSPS) is 12.2. The monoisotopic (exact) mass is 589 g/mol. The third-order valence-corrected chi connectivity index (χ3v) is 7.68. The molecule has 2 heterocycles. The molecule has 4 aromatic rings. The van der Waals surface area contributed by atoms with Gasteiger partial charge in [0.2, 0.25) is 0 Å². The maximum Gasteiger partial charge on any atom is 0.407 e. The first-order valence-electron chi connectivity index (χ1n) is 14.2. The zero-order chi connectivity index (χ0) is 30.4. The molecule has 0 bridgehead atoms. The van der Waals surface area contributed by atoms with Crippen molar-refractivity contribution >= 4 is 33.7 Å². The van der Waals surface area contributed by atoms with Crippen LogP contribution in [0.2, 0.25) is 0 Å². The third-order valence-electron chi connectivity index (χ3n) is 6.84. The van der Waals surface area contributed by atoms with E-state index in [2.05, 4.69) is 9.69 Å². The van der Waals surface area contributed by atoms with Gasteiger partial charge in [0.15, 0.2) is 4.83 Å². The Hall–Kier alpha value is -4.05. The van der Waals surface area contributed by atoms with Gasteiger partial charge in [0.25, 0.3) is 11.5 Å². The Morgan fingerprint density at radius 3 is 2.40 bits per heavy atom. The first kappa shape index (κ1) is 30.9. The molecule has 0 aliphatic rings. The van der Waals surface area contributed by atoms with Crippen molar-refractivity contribution < 1.29 is 14.3 Å². The fourth-order valence-electron chi connectivity index (χ4n) is 4.81. The molecule has 0 aliphatic heterocycles. The zero-order valence-corrected chi connectivity index (χ0v) is 26.0. The Morgan fingerprint density at radius 1 is 1.07 bits per heavy atom. The van der Waals surface area contributed by atoms with Crippen LogP contribution in [0.15, 0.2) is 59.4 Å². The lowest BCUT2D eigenvalue weighted by atomic mass is 10.1. The molecule has 10 heteroatoms. The highest BCUT2D eigenvalue weighted by Crippen LogP contribution is 2.28. The average molecular weight is 590 g/mol. The minimum atomic E-state index is -0.605. The van der Waals surface area contributed by atoms with Crippen LogP contribution in [0.4, 0.5) is 4.79 Å². The van der Waals surface area contributed by atoms with E-state index in [1.807, 2.05) is 96.1 Å². The number of nitrogens with zero attached hydrogens (tertiary/aromatic N) is 4. The van der Waals surface area contributed by atoms with Gasteiger partial charge in [0, 0.05) is 18.7 Å². The summed E-state index contributed by atoms with van der Waals surface area (Å²) in [5, 5.41) is 3.29. The molecular weight excluding hydrogens is 550 g/mol. The topological polar surface area (TPSA) is 106 Å². The lowest BCUT2D eigenvalue weighted by Crippen LogP contribution is -2.41. The molecular formula is C32H39N5O4S. The molecule has 0 saturated carbocycles. The van der Waals surface area contributed by atoms with E-state index in [0.717, 1.165) is 11.1 Å². The number of rotatable bonds is 10. The molecule has 1 N–H and O–H groups in total. The van der Waals surface area contributed by atoms with Gasteiger partial charge in [0.05, 0.1) is 23.7 Å². The summed E-state index contributed by atoms with van der Waals surface area (Å²) in [7, 11) is 0. The molecule has 222 valence electrons. The first-order chi connectivity index (χ1) is 20.0. The van der Waals surface area contributed by atoms with Crippen molar-refractivity contribution in [1.82, 2.24) is 24.1 Å². The van der Waals surface area contributed by atoms with E-state index < -0.39 is 17.7 Å². The van der Waals surface area contributed by atoms with Gasteiger partial charge in [-0.1, -0.05) is 55.0 Å². The minimum Gasteiger partial charge on any atom is -0.444 e. The van der Waals surface area contributed by atoms with Crippen molar-refractivity contribution in [1.29, 1.82) is 0 Å². The summed E-state index contributed by atoms with van der Waals surface area (Å²) in [5.41, 5.74) is 2.43. The Morgan fingerprint density at radius 2 is 1.76 bits per heavy atom. The quantitative estimate of drug-likeness (QED) is 0.227. The fourth-order valence-corrected chi connectivity index (χ4v) is 5.59. The molecule has 2 aromatic carbocycles. The molecule has 42 heavy (non-hydrogen) atoms. The number of aryl methyl sites for hydroxylation is 2. The maximum absolute atomic E-state index is 14.1. The molecule has 1 atom stereocenters. The summed E-state index contributed by atoms with van der Waals surface area (Å²) >= 11 is 1.19. The number of ether oxygens (including phenoxy) is 1. The van der Waals surface area contributed by atoms with Crippen molar-refractivity contribution in [3.05, 3.63) is 93.2 Å². The number of nitrogens with one attached hydrogen (secondary N) is 1.